The number of nitrogens with zero attached hydrogens (tertiary/aromatic N) is 2. The summed E-state index contributed by atoms with van der Waals surface area (Å²) in [5.74, 6) is -0.106. The van der Waals surface area contributed by atoms with Gasteiger partial charge in [0, 0.05) is 18.0 Å². The number of aryl methyl sites for hydroxylation is 1. The van der Waals surface area contributed by atoms with E-state index in [4.69, 9.17) is 0 Å². The Kier molecular flexibility index (Phi) is 6.74. The molecule has 24 heavy (non-hydrogen) atoms. The minimum Gasteiger partial charge on any atom is -0.337 e. The molecule has 128 valence electrons. The minimum atomic E-state index is -0.355. The van der Waals surface area contributed by atoms with Crippen molar-refractivity contribution in [3.63, 3.8) is 0 Å². The summed E-state index contributed by atoms with van der Waals surface area (Å²) in [5, 5.41) is 5.35. The van der Waals surface area contributed by atoms with Crippen LogP contribution in [0.3, 0.4) is 0 Å². The zero-order valence-electron chi connectivity index (χ0n) is 13.9. The molecule has 0 atom stereocenters. The van der Waals surface area contributed by atoms with Gasteiger partial charge in [0.15, 0.2) is 0 Å². The van der Waals surface area contributed by atoms with Crippen LogP contribution in [0.25, 0.3) is 0 Å². The number of urea groups is 1. The van der Waals surface area contributed by atoms with Gasteiger partial charge in [-0.3, -0.25) is 4.79 Å². The average molecular weight is 346 g/mol. The molecule has 0 radical (unpaired) electrons. The van der Waals surface area contributed by atoms with Gasteiger partial charge in [0.2, 0.25) is 5.91 Å². The first-order chi connectivity index (χ1) is 11.6. The maximum Gasteiger partial charge on any atom is 0.315 e. The van der Waals surface area contributed by atoms with Gasteiger partial charge in [0.25, 0.3) is 0 Å². The van der Waals surface area contributed by atoms with Gasteiger partial charge in [0.05, 0.1) is 24.3 Å². The molecule has 0 aliphatic rings. The lowest BCUT2D eigenvalue weighted by Crippen LogP contribution is -2.43. The fraction of sp³-hybridized carbons (Fsp3) is 0.353. The number of nitrogens with one attached hydrogen (secondary N) is 2. The molecule has 0 spiro atoms. The van der Waals surface area contributed by atoms with Gasteiger partial charge in [-0.1, -0.05) is 30.3 Å². The van der Waals surface area contributed by atoms with E-state index in [1.807, 2.05) is 44.2 Å². The molecule has 1 heterocycles. The summed E-state index contributed by atoms with van der Waals surface area (Å²) in [4.78, 5) is 30.9. The Morgan fingerprint density at radius 1 is 1.21 bits per heavy atom. The minimum absolute atomic E-state index is 0.0197. The zero-order valence-corrected chi connectivity index (χ0v) is 14.7. The smallest absolute Gasteiger partial charge is 0.315 e. The topological polar surface area (TPSA) is 74.3 Å². The van der Waals surface area contributed by atoms with E-state index < -0.39 is 0 Å². The number of aromatic nitrogens is 1. The van der Waals surface area contributed by atoms with E-state index in [9.17, 15) is 9.59 Å². The fourth-order valence-electron chi connectivity index (χ4n) is 2.17. The molecule has 2 N–H and O–H groups in total. The van der Waals surface area contributed by atoms with Gasteiger partial charge in [-0.25, -0.2) is 9.78 Å². The number of hydrogen-bond acceptors (Lipinski definition) is 4. The Bertz CT molecular complexity index is 672. The summed E-state index contributed by atoms with van der Waals surface area (Å²) in [6, 6.07) is 9.44. The fourth-order valence-corrected chi connectivity index (χ4v) is 2.88. The van der Waals surface area contributed by atoms with Crippen LogP contribution in [0.5, 0.6) is 0 Å². The molecule has 0 aliphatic heterocycles. The Balaban J connectivity index is 1.76. The van der Waals surface area contributed by atoms with Crippen LogP contribution in [-0.2, 0) is 17.9 Å². The summed E-state index contributed by atoms with van der Waals surface area (Å²) < 4.78 is 0. The molecule has 0 unspecified atom stereocenters. The number of benzene rings is 1. The average Bonchev–Trinajstić information content (AvgIpc) is 3.01. The van der Waals surface area contributed by atoms with Gasteiger partial charge < -0.3 is 15.5 Å². The Labute approximate surface area is 145 Å². The summed E-state index contributed by atoms with van der Waals surface area (Å²) in [6.07, 6.45) is 0. The van der Waals surface area contributed by atoms with Crippen LogP contribution < -0.4 is 10.6 Å². The van der Waals surface area contributed by atoms with Crippen molar-refractivity contribution in [2.75, 3.05) is 13.1 Å². The summed E-state index contributed by atoms with van der Waals surface area (Å²) in [5.41, 5.74) is 3.73. The molecule has 1 aromatic heterocycles. The molecule has 0 aliphatic carbocycles. The van der Waals surface area contributed by atoms with Gasteiger partial charge in [-0.05, 0) is 19.4 Å². The Morgan fingerprint density at radius 3 is 2.58 bits per heavy atom. The maximum absolute atomic E-state index is 12.2. The van der Waals surface area contributed by atoms with Crippen molar-refractivity contribution in [1.29, 1.82) is 0 Å². The van der Waals surface area contributed by atoms with Gasteiger partial charge in [-0.2, -0.15) is 0 Å². The van der Waals surface area contributed by atoms with Crippen molar-refractivity contribution in [3.05, 3.63) is 52.0 Å². The van der Waals surface area contributed by atoms with Crippen LogP contribution in [-0.4, -0.2) is 34.9 Å². The van der Waals surface area contributed by atoms with E-state index in [1.165, 1.54) is 11.3 Å². The van der Waals surface area contributed by atoms with E-state index in [2.05, 4.69) is 15.6 Å². The van der Waals surface area contributed by atoms with Crippen molar-refractivity contribution in [2.24, 2.45) is 0 Å². The second kappa shape index (κ2) is 9.02. The monoisotopic (exact) mass is 346 g/mol. The summed E-state index contributed by atoms with van der Waals surface area (Å²) in [6.45, 7) is 5.36. The van der Waals surface area contributed by atoms with Crippen LogP contribution in [0.1, 0.15) is 23.1 Å². The second-order valence-corrected chi connectivity index (χ2v) is 6.23. The van der Waals surface area contributed by atoms with Crippen LogP contribution in [0, 0.1) is 6.92 Å². The highest BCUT2D eigenvalue weighted by Crippen LogP contribution is 2.11. The molecule has 2 rings (SSSR count). The third kappa shape index (κ3) is 5.34. The highest BCUT2D eigenvalue weighted by Gasteiger charge is 2.13. The molecule has 0 saturated carbocycles. The van der Waals surface area contributed by atoms with Crippen molar-refractivity contribution in [3.8, 4) is 0 Å². The highest BCUT2D eigenvalue weighted by atomic mass is 32.1. The standard InChI is InChI=1S/C17H22N4O2S/c1-3-21(11-14-7-5-4-6-8-14)16(22)10-19-17(23)18-9-15-13(2)20-12-24-15/h4-8,12H,3,9-11H2,1-2H3,(H2,18,19,23). The van der Waals surface area contributed by atoms with Crippen molar-refractivity contribution >= 4 is 23.3 Å². The van der Waals surface area contributed by atoms with Gasteiger partial charge in [-0.15, -0.1) is 11.3 Å². The number of carbonyl (C=O) groups excluding carboxylic acids is 2. The van der Waals surface area contributed by atoms with Gasteiger partial charge >= 0.3 is 6.03 Å². The number of rotatable bonds is 7. The number of thiazole rings is 1. The predicted octanol–water partition coefficient (Wildman–Crippen LogP) is 2.30. The molecule has 0 saturated heterocycles. The van der Waals surface area contributed by atoms with E-state index in [0.717, 1.165) is 16.1 Å². The molecule has 6 nitrogen and oxygen atoms in total. The van der Waals surface area contributed by atoms with Crippen molar-refractivity contribution < 1.29 is 9.59 Å². The molecule has 2 aromatic rings. The predicted molar refractivity (Wildman–Crippen MR) is 94.6 cm³/mol. The molecule has 0 fully saturated rings. The van der Waals surface area contributed by atoms with Crippen LogP contribution in [0.2, 0.25) is 0 Å². The molecule has 7 heteroatoms. The van der Waals surface area contributed by atoms with E-state index in [1.54, 1.807) is 10.4 Å². The third-order valence-electron chi connectivity index (χ3n) is 3.61. The lowest BCUT2D eigenvalue weighted by Gasteiger charge is -2.21. The largest absolute Gasteiger partial charge is 0.337 e. The van der Waals surface area contributed by atoms with Crippen molar-refractivity contribution in [1.82, 2.24) is 20.5 Å². The number of likely N-dealkylation sites (N-methyl/N-ethyl adjacent to an activating group) is 1. The quantitative estimate of drug-likeness (QED) is 0.808. The number of amides is 3. The number of carbonyl (C=O) groups is 2. The molecule has 1 aromatic carbocycles. The lowest BCUT2D eigenvalue weighted by atomic mass is 10.2. The lowest BCUT2D eigenvalue weighted by molar-refractivity contribution is -0.130. The normalized spacial score (nSPS) is 10.2. The Morgan fingerprint density at radius 2 is 1.96 bits per heavy atom. The zero-order chi connectivity index (χ0) is 17.4. The third-order valence-corrected chi connectivity index (χ3v) is 4.54. The van der Waals surface area contributed by atoms with E-state index in [-0.39, 0.29) is 18.5 Å². The maximum atomic E-state index is 12.2. The van der Waals surface area contributed by atoms with E-state index >= 15 is 0 Å². The van der Waals surface area contributed by atoms with Crippen LogP contribution in [0.15, 0.2) is 35.8 Å². The molecular weight excluding hydrogens is 324 g/mol. The molecular formula is C17H22N4O2S. The molecule has 0 bridgehead atoms. The van der Waals surface area contributed by atoms with Crippen LogP contribution in [0.4, 0.5) is 4.79 Å². The first-order valence-electron chi connectivity index (χ1n) is 7.82. The first-order valence-corrected chi connectivity index (χ1v) is 8.70. The Hall–Kier alpha value is -2.41. The SMILES string of the molecule is CCN(Cc1ccccc1)C(=O)CNC(=O)NCc1scnc1C. The summed E-state index contributed by atoms with van der Waals surface area (Å²) in [7, 11) is 0. The van der Waals surface area contributed by atoms with Crippen LogP contribution >= 0.6 is 11.3 Å². The van der Waals surface area contributed by atoms with E-state index in [0.29, 0.717) is 19.6 Å². The second-order valence-electron chi connectivity index (χ2n) is 5.29. The number of hydrogen-bond donors (Lipinski definition) is 2. The van der Waals surface area contributed by atoms with Crippen molar-refractivity contribution in [2.45, 2.75) is 26.9 Å². The van der Waals surface area contributed by atoms with Gasteiger partial charge in [0.1, 0.15) is 0 Å². The highest BCUT2D eigenvalue weighted by molar-refractivity contribution is 7.09. The summed E-state index contributed by atoms with van der Waals surface area (Å²) >= 11 is 1.50. The molecule has 3 amide bonds. The first kappa shape index (κ1) is 17.9.